The second kappa shape index (κ2) is 6.15. The molecule has 1 aliphatic rings. The molecule has 1 atom stereocenters. The molecule has 0 bridgehead atoms. The first-order valence-electron chi connectivity index (χ1n) is 6.97. The molecule has 1 aromatic heterocycles. The first-order chi connectivity index (χ1) is 9.09. The highest BCUT2D eigenvalue weighted by Crippen LogP contribution is 2.24. The van der Waals surface area contributed by atoms with Crippen molar-refractivity contribution in [2.45, 2.75) is 33.1 Å². The van der Waals surface area contributed by atoms with Crippen LogP contribution in [-0.2, 0) is 11.2 Å². The van der Waals surface area contributed by atoms with E-state index in [-0.39, 0.29) is 11.3 Å². The Hall–Kier alpha value is -1.42. The molecule has 4 nitrogen and oxygen atoms in total. The van der Waals surface area contributed by atoms with Crippen molar-refractivity contribution in [3.8, 4) is 0 Å². The zero-order chi connectivity index (χ0) is 13.7. The maximum absolute atomic E-state index is 12.0. The lowest BCUT2D eigenvalue weighted by Gasteiger charge is -2.34. The molecular formula is C15H23N3O. The fourth-order valence-electron chi connectivity index (χ4n) is 2.50. The van der Waals surface area contributed by atoms with E-state index in [1.807, 2.05) is 19.1 Å². The lowest BCUT2D eigenvalue weighted by molar-refractivity contribution is -0.121. The van der Waals surface area contributed by atoms with E-state index in [1.54, 1.807) is 6.20 Å². The molecule has 2 heterocycles. The monoisotopic (exact) mass is 261 g/mol. The van der Waals surface area contributed by atoms with Gasteiger partial charge in [0.15, 0.2) is 0 Å². The van der Waals surface area contributed by atoms with Gasteiger partial charge in [-0.1, -0.05) is 13.0 Å². The summed E-state index contributed by atoms with van der Waals surface area (Å²) in [6.45, 7) is 7.03. The Balaban J connectivity index is 1.83. The predicted molar refractivity (Wildman–Crippen MR) is 75.9 cm³/mol. The fourth-order valence-corrected chi connectivity index (χ4v) is 2.50. The van der Waals surface area contributed by atoms with Crippen LogP contribution in [0.1, 0.15) is 31.0 Å². The summed E-state index contributed by atoms with van der Waals surface area (Å²) < 4.78 is 0. The molecule has 0 spiro atoms. The van der Waals surface area contributed by atoms with E-state index in [1.165, 1.54) is 12.8 Å². The van der Waals surface area contributed by atoms with Crippen LogP contribution in [0.5, 0.6) is 0 Å². The molecule has 4 heteroatoms. The van der Waals surface area contributed by atoms with E-state index < -0.39 is 0 Å². The Labute approximate surface area is 115 Å². The number of aryl methyl sites for hydroxylation is 1. The van der Waals surface area contributed by atoms with Gasteiger partial charge in [-0.05, 0) is 43.4 Å². The van der Waals surface area contributed by atoms with Crippen LogP contribution in [0.3, 0.4) is 0 Å². The van der Waals surface area contributed by atoms with Crippen LogP contribution in [0.25, 0.3) is 0 Å². The van der Waals surface area contributed by atoms with Gasteiger partial charge in [0.05, 0.1) is 12.1 Å². The summed E-state index contributed by atoms with van der Waals surface area (Å²) >= 11 is 0. The first kappa shape index (κ1) is 14.0. The number of hydrogen-bond acceptors (Lipinski definition) is 3. The van der Waals surface area contributed by atoms with E-state index in [9.17, 15) is 4.79 Å². The second-order valence-electron chi connectivity index (χ2n) is 5.81. The highest BCUT2D eigenvalue weighted by Gasteiger charge is 2.27. The van der Waals surface area contributed by atoms with E-state index in [0.29, 0.717) is 6.42 Å². The normalized spacial score (nSPS) is 23.1. The number of rotatable bonds is 4. The van der Waals surface area contributed by atoms with Gasteiger partial charge in [0.1, 0.15) is 0 Å². The van der Waals surface area contributed by atoms with E-state index in [0.717, 1.165) is 30.9 Å². The maximum atomic E-state index is 12.0. The first-order valence-corrected chi connectivity index (χ1v) is 6.97. The van der Waals surface area contributed by atoms with Crippen molar-refractivity contribution < 1.29 is 4.79 Å². The number of nitrogens with zero attached hydrogens (tertiary/aromatic N) is 1. The van der Waals surface area contributed by atoms with Crippen molar-refractivity contribution in [2.75, 3.05) is 19.6 Å². The molecule has 1 unspecified atom stereocenters. The lowest BCUT2D eigenvalue weighted by Crippen LogP contribution is -2.46. The Kier molecular flexibility index (Phi) is 4.53. The zero-order valence-electron chi connectivity index (χ0n) is 11.8. The van der Waals surface area contributed by atoms with Gasteiger partial charge in [0.2, 0.25) is 5.91 Å². The largest absolute Gasteiger partial charge is 0.355 e. The number of piperidine rings is 1. The summed E-state index contributed by atoms with van der Waals surface area (Å²) in [5.74, 6) is 0.0635. The van der Waals surface area contributed by atoms with Crippen LogP contribution in [0.4, 0.5) is 0 Å². The Morgan fingerprint density at radius 2 is 2.42 bits per heavy atom. The zero-order valence-corrected chi connectivity index (χ0v) is 11.8. The molecule has 1 aromatic rings. The fraction of sp³-hybridized carbons (Fsp3) is 0.600. The summed E-state index contributed by atoms with van der Waals surface area (Å²) in [5, 5.41) is 6.44. The molecule has 1 aliphatic heterocycles. The molecule has 0 aromatic carbocycles. The SMILES string of the molecule is Cc1cccnc1CC(=O)NCC1(C)CCCNC1. The third-order valence-electron chi connectivity index (χ3n) is 3.84. The minimum atomic E-state index is 0.0635. The maximum Gasteiger partial charge on any atom is 0.226 e. The smallest absolute Gasteiger partial charge is 0.226 e. The van der Waals surface area contributed by atoms with Crippen LogP contribution in [0, 0.1) is 12.3 Å². The van der Waals surface area contributed by atoms with Gasteiger partial charge in [0, 0.05) is 19.3 Å². The Bertz CT molecular complexity index is 439. The quantitative estimate of drug-likeness (QED) is 0.862. The van der Waals surface area contributed by atoms with Crippen LogP contribution in [0.15, 0.2) is 18.3 Å². The average Bonchev–Trinajstić information content (AvgIpc) is 2.40. The van der Waals surface area contributed by atoms with Gasteiger partial charge in [-0.2, -0.15) is 0 Å². The third kappa shape index (κ3) is 4.03. The number of hydrogen-bond donors (Lipinski definition) is 2. The molecule has 0 radical (unpaired) electrons. The minimum Gasteiger partial charge on any atom is -0.355 e. The summed E-state index contributed by atoms with van der Waals surface area (Å²) in [6, 6.07) is 3.88. The van der Waals surface area contributed by atoms with Gasteiger partial charge in [-0.3, -0.25) is 9.78 Å². The average molecular weight is 261 g/mol. The standard InChI is InChI=1S/C15H23N3O/c1-12-5-3-8-17-13(12)9-14(19)18-11-15(2)6-4-7-16-10-15/h3,5,8,16H,4,6-7,9-11H2,1-2H3,(H,18,19). The van der Waals surface area contributed by atoms with Gasteiger partial charge >= 0.3 is 0 Å². The molecule has 1 fully saturated rings. The van der Waals surface area contributed by atoms with Crippen molar-refractivity contribution >= 4 is 5.91 Å². The Morgan fingerprint density at radius 1 is 1.58 bits per heavy atom. The third-order valence-corrected chi connectivity index (χ3v) is 3.84. The number of aromatic nitrogens is 1. The second-order valence-corrected chi connectivity index (χ2v) is 5.81. The number of carbonyl (C=O) groups is 1. The highest BCUT2D eigenvalue weighted by atomic mass is 16.1. The number of nitrogens with one attached hydrogen (secondary N) is 2. The molecule has 0 aliphatic carbocycles. The molecule has 1 amide bonds. The molecule has 104 valence electrons. The van der Waals surface area contributed by atoms with Crippen LogP contribution < -0.4 is 10.6 Å². The van der Waals surface area contributed by atoms with E-state index >= 15 is 0 Å². The summed E-state index contributed by atoms with van der Waals surface area (Å²) in [5.41, 5.74) is 2.13. The van der Waals surface area contributed by atoms with Gasteiger partial charge in [-0.25, -0.2) is 0 Å². The van der Waals surface area contributed by atoms with Crippen molar-refractivity contribution in [1.82, 2.24) is 15.6 Å². The number of pyridine rings is 1. The molecule has 2 N–H and O–H groups in total. The summed E-state index contributed by atoms with van der Waals surface area (Å²) in [4.78, 5) is 16.2. The van der Waals surface area contributed by atoms with Gasteiger partial charge < -0.3 is 10.6 Å². The van der Waals surface area contributed by atoms with Crippen molar-refractivity contribution in [2.24, 2.45) is 5.41 Å². The highest BCUT2D eigenvalue weighted by molar-refractivity contribution is 5.78. The van der Waals surface area contributed by atoms with Crippen LogP contribution >= 0.6 is 0 Å². The minimum absolute atomic E-state index is 0.0635. The van der Waals surface area contributed by atoms with Crippen LogP contribution in [0.2, 0.25) is 0 Å². The van der Waals surface area contributed by atoms with Gasteiger partial charge in [0.25, 0.3) is 0 Å². The van der Waals surface area contributed by atoms with Crippen molar-refractivity contribution in [3.63, 3.8) is 0 Å². The van der Waals surface area contributed by atoms with Gasteiger partial charge in [-0.15, -0.1) is 0 Å². The van der Waals surface area contributed by atoms with E-state index in [2.05, 4.69) is 22.5 Å². The predicted octanol–water partition coefficient (Wildman–Crippen LogP) is 1.44. The van der Waals surface area contributed by atoms with Crippen molar-refractivity contribution in [3.05, 3.63) is 29.6 Å². The number of amides is 1. The van der Waals surface area contributed by atoms with Crippen LogP contribution in [-0.4, -0.2) is 30.5 Å². The van der Waals surface area contributed by atoms with E-state index in [4.69, 9.17) is 0 Å². The lowest BCUT2D eigenvalue weighted by atomic mass is 9.83. The number of carbonyl (C=O) groups excluding carboxylic acids is 1. The topological polar surface area (TPSA) is 54.0 Å². The molecule has 2 rings (SSSR count). The summed E-state index contributed by atoms with van der Waals surface area (Å²) in [7, 11) is 0. The molecule has 0 saturated carbocycles. The van der Waals surface area contributed by atoms with Crippen molar-refractivity contribution in [1.29, 1.82) is 0 Å². The Morgan fingerprint density at radius 3 is 3.11 bits per heavy atom. The molecule has 1 saturated heterocycles. The molecule has 19 heavy (non-hydrogen) atoms. The molecular weight excluding hydrogens is 238 g/mol. The summed E-state index contributed by atoms with van der Waals surface area (Å²) in [6.07, 6.45) is 4.47.